The Morgan fingerprint density at radius 1 is 0.673 bits per heavy atom. The normalized spacial score (nSPS) is 11.4. The van der Waals surface area contributed by atoms with Gasteiger partial charge in [0.1, 0.15) is 5.58 Å². The summed E-state index contributed by atoms with van der Waals surface area (Å²) in [6.07, 6.45) is 3.91. The Labute approximate surface area is 306 Å². The molecule has 49 heavy (non-hydrogen) atoms. The number of hydrogen-bond donors (Lipinski definition) is 0. The first-order chi connectivity index (χ1) is 23.1. The minimum absolute atomic E-state index is 0. The second-order valence-corrected chi connectivity index (χ2v) is 14.8. The number of pyridine rings is 2. The Hall–Kier alpha value is -4.41. The molecule has 1 radical (unpaired) electrons. The van der Waals surface area contributed by atoms with Crippen LogP contribution in [0.3, 0.4) is 0 Å². The molecule has 4 heterocycles. The van der Waals surface area contributed by atoms with Crippen LogP contribution in [-0.4, -0.2) is 9.97 Å². The number of aryl methyl sites for hydroxylation is 4. The van der Waals surface area contributed by atoms with Crippen LogP contribution in [0, 0.1) is 39.8 Å². The third kappa shape index (κ3) is 6.76. The minimum Gasteiger partial charge on any atom is -0.500 e. The molecule has 0 aliphatic rings. The molecule has 0 aliphatic carbocycles. The van der Waals surface area contributed by atoms with Crippen molar-refractivity contribution in [3.05, 3.63) is 143 Å². The molecule has 0 N–H and O–H groups in total. The standard InChI is InChI=1S/C32H28NOS.C12H10N.Ir/c1-18-9-7-10-19(2)29(18)25-17-33-27(16-26(25)32(4,5)6)23-12-8-11-21-22-13-14-28-24(15-20(3)35-28)31(22)34-30(21)23;1-10-7-8-12(13-9-10)11-5-3-2-4-6-11;/h7-11,13-17H,1-6H3;2-5,7-9H,1H3;/q2*-1;. The van der Waals surface area contributed by atoms with Crippen LogP contribution in [0.15, 0.2) is 108 Å². The van der Waals surface area contributed by atoms with E-state index in [1.54, 1.807) is 11.3 Å². The molecule has 3 nitrogen and oxygen atoms in total. The van der Waals surface area contributed by atoms with Gasteiger partial charge < -0.3 is 14.4 Å². The number of rotatable bonds is 3. The third-order valence-electron chi connectivity index (χ3n) is 8.83. The molecule has 0 saturated heterocycles. The van der Waals surface area contributed by atoms with Crippen molar-refractivity contribution < 1.29 is 24.5 Å². The van der Waals surface area contributed by atoms with E-state index < -0.39 is 0 Å². The summed E-state index contributed by atoms with van der Waals surface area (Å²) < 4.78 is 7.83. The molecule has 0 spiro atoms. The van der Waals surface area contributed by atoms with Gasteiger partial charge in [0.25, 0.3) is 0 Å². The quantitative estimate of drug-likeness (QED) is 0.166. The van der Waals surface area contributed by atoms with Crippen molar-refractivity contribution in [1.82, 2.24) is 9.97 Å². The van der Waals surface area contributed by atoms with Crippen molar-refractivity contribution in [1.29, 1.82) is 0 Å². The largest absolute Gasteiger partial charge is 0.500 e. The summed E-state index contributed by atoms with van der Waals surface area (Å²) in [5.41, 5.74) is 13.1. The molecular formula is C44H38IrN2OS-2. The van der Waals surface area contributed by atoms with Gasteiger partial charge in [-0.1, -0.05) is 74.2 Å². The van der Waals surface area contributed by atoms with Crippen LogP contribution in [0.2, 0.25) is 0 Å². The molecule has 0 unspecified atom stereocenters. The fourth-order valence-electron chi connectivity index (χ4n) is 6.46. The fraction of sp³-hybridized carbons (Fsp3) is 0.182. The van der Waals surface area contributed by atoms with Gasteiger partial charge in [-0.05, 0) is 84.4 Å². The molecule has 5 heteroatoms. The zero-order chi connectivity index (χ0) is 33.6. The van der Waals surface area contributed by atoms with Gasteiger partial charge in [-0.15, -0.1) is 65.4 Å². The summed E-state index contributed by atoms with van der Waals surface area (Å²) in [4.78, 5) is 10.6. The number of benzene rings is 4. The summed E-state index contributed by atoms with van der Waals surface area (Å²) >= 11 is 1.80. The molecule has 0 fully saturated rings. The second-order valence-electron chi connectivity index (χ2n) is 13.5. The molecule has 8 rings (SSSR count). The van der Waals surface area contributed by atoms with Gasteiger partial charge in [-0.25, -0.2) is 0 Å². The summed E-state index contributed by atoms with van der Waals surface area (Å²) in [7, 11) is 0. The Kier molecular flexibility index (Phi) is 9.73. The van der Waals surface area contributed by atoms with E-state index in [2.05, 4.69) is 113 Å². The molecule has 0 atom stereocenters. The van der Waals surface area contributed by atoms with Gasteiger partial charge in [-0.2, -0.15) is 0 Å². The molecule has 0 saturated carbocycles. The van der Waals surface area contributed by atoms with Crippen LogP contribution in [0.5, 0.6) is 0 Å². The van der Waals surface area contributed by atoms with E-state index in [0.717, 1.165) is 44.5 Å². The summed E-state index contributed by atoms with van der Waals surface area (Å²) in [6, 6.07) is 38.0. The van der Waals surface area contributed by atoms with Crippen LogP contribution >= 0.6 is 11.3 Å². The van der Waals surface area contributed by atoms with E-state index in [9.17, 15) is 0 Å². The van der Waals surface area contributed by atoms with Crippen LogP contribution in [-0.2, 0) is 25.5 Å². The van der Waals surface area contributed by atoms with Gasteiger partial charge >= 0.3 is 0 Å². The van der Waals surface area contributed by atoms with Gasteiger partial charge in [-0.3, -0.25) is 0 Å². The number of fused-ring (bicyclic) bond motifs is 5. The van der Waals surface area contributed by atoms with Crippen molar-refractivity contribution >= 4 is 43.4 Å². The maximum atomic E-state index is 6.58. The Bertz CT molecular complexity index is 2400. The molecule has 0 amide bonds. The van der Waals surface area contributed by atoms with E-state index in [-0.39, 0.29) is 25.5 Å². The first-order valence-corrected chi connectivity index (χ1v) is 17.1. The van der Waals surface area contributed by atoms with Crippen LogP contribution in [0.4, 0.5) is 0 Å². The molecule has 4 aromatic heterocycles. The predicted octanol–water partition coefficient (Wildman–Crippen LogP) is 12.4. The SMILES string of the molecule is Cc1cc2c(ccc3c4cc[c-]c(-c5cc(C(C)(C)C)c(-c6c(C)cccc6C)cn5)c4oc23)s1.Cc1ccc(-c2[c-]cccc2)nc1.[Ir]. The van der Waals surface area contributed by atoms with E-state index in [4.69, 9.17) is 9.40 Å². The van der Waals surface area contributed by atoms with E-state index in [1.165, 1.54) is 48.3 Å². The predicted molar refractivity (Wildman–Crippen MR) is 203 cm³/mol. The average molecular weight is 835 g/mol. The number of furan rings is 1. The van der Waals surface area contributed by atoms with Crippen molar-refractivity contribution in [2.75, 3.05) is 0 Å². The van der Waals surface area contributed by atoms with Crippen molar-refractivity contribution in [2.45, 2.75) is 53.9 Å². The zero-order valence-corrected chi connectivity index (χ0v) is 32.1. The fourth-order valence-corrected chi connectivity index (χ4v) is 7.38. The molecule has 4 aromatic carbocycles. The molecule has 247 valence electrons. The first kappa shape index (κ1) is 34.5. The topological polar surface area (TPSA) is 38.9 Å². The number of aromatic nitrogens is 2. The van der Waals surface area contributed by atoms with Crippen LogP contribution in [0.25, 0.3) is 65.7 Å². The van der Waals surface area contributed by atoms with Gasteiger partial charge in [0.15, 0.2) is 0 Å². The van der Waals surface area contributed by atoms with Crippen molar-refractivity contribution in [3.63, 3.8) is 0 Å². The number of hydrogen-bond acceptors (Lipinski definition) is 4. The minimum atomic E-state index is -0.0517. The van der Waals surface area contributed by atoms with E-state index >= 15 is 0 Å². The van der Waals surface area contributed by atoms with Gasteiger partial charge in [0, 0.05) is 58.4 Å². The monoisotopic (exact) mass is 835 g/mol. The molecule has 0 bridgehead atoms. The molecule has 8 aromatic rings. The van der Waals surface area contributed by atoms with E-state index in [1.807, 2.05) is 55.7 Å². The Morgan fingerprint density at radius 3 is 2.12 bits per heavy atom. The van der Waals surface area contributed by atoms with Gasteiger partial charge in [0.2, 0.25) is 0 Å². The number of nitrogens with zero attached hydrogens (tertiary/aromatic N) is 2. The number of thiophene rings is 1. The summed E-state index contributed by atoms with van der Waals surface area (Å²) in [5.74, 6) is 0. The smallest absolute Gasteiger partial charge is 0.129 e. The van der Waals surface area contributed by atoms with E-state index in [0.29, 0.717) is 0 Å². The third-order valence-corrected chi connectivity index (χ3v) is 9.85. The maximum Gasteiger partial charge on any atom is 0.129 e. The van der Waals surface area contributed by atoms with Crippen molar-refractivity contribution in [3.8, 4) is 33.6 Å². The van der Waals surface area contributed by atoms with Gasteiger partial charge in [0.05, 0.1) is 5.58 Å². The van der Waals surface area contributed by atoms with Crippen molar-refractivity contribution in [2.24, 2.45) is 0 Å². The zero-order valence-electron chi connectivity index (χ0n) is 28.9. The van der Waals surface area contributed by atoms with Crippen LogP contribution in [0.1, 0.15) is 47.9 Å². The van der Waals surface area contributed by atoms with Crippen LogP contribution < -0.4 is 0 Å². The maximum absolute atomic E-state index is 6.58. The second kappa shape index (κ2) is 13.8. The molecular weight excluding hydrogens is 797 g/mol. The Morgan fingerprint density at radius 2 is 1.43 bits per heavy atom. The average Bonchev–Trinajstić information content (AvgIpc) is 3.65. The first-order valence-electron chi connectivity index (χ1n) is 16.3. The summed E-state index contributed by atoms with van der Waals surface area (Å²) in [5, 5.41) is 3.43. The Balaban J connectivity index is 0.000000250. The molecule has 0 aliphatic heterocycles. The summed E-state index contributed by atoms with van der Waals surface area (Å²) in [6.45, 7) is 15.3.